The van der Waals surface area contributed by atoms with Crippen molar-refractivity contribution in [2.45, 2.75) is 19.3 Å². The van der Waals surface area contributed by atoms with Gasteiger partial charge in [0.25, 0.3) is 0 Å². The van der Waals surface area contributed by atoms with Crippen LogP contribution in [0.25, 0.3) is 88.7 Å². The first-order valence-corrected chi connectivity index (χ1v) is 19.3. The van der Waals surface area contributed by atoms with Crippen LogP contribution in [0.4, 0.5) is 17.1 Å². The Labute approximate surface area is 328 Å². The van der Waals surface area contributed by atoms with Gasteiger partial charge in [-0.2, -0.15) is 0 Å². The van der Waals surface area contributed by atoms with Gasteiger partial charge in [0.1, 0.15) is 27.8 Å². The lowest BCUT2D eigenvalue weighted by Crippen LogP contribution is -2.16. The Hall–Kier alpha value is -7.37. The lowest BCUT2D eigenvalue weighted by Gasteiger charge is -2.28. The third-order valence-corrected chi connectivity index (χ3v) is 11.9. The van der Waals surface area contributed by atoms with Crippen molar-refractivity contribution in [3.8, 4) is 33.7 Å². The van der Waals surface area contributed by atoms with Crippen LogP contribution in [0.5, 0.6) is 0 Å². The number of nitrogens with zero attached hydrogens (tertiary/aromatic N) is 2. The Bertz CT molecular complexity index is 3380. The van der Waals surface area contributed by atoms with E-state index in [1.807, 2.05) is 48.5 Å². The summed E-state index contributed by atoms with van der Waals surface area (Å²) in [7, 11) is 0. The quantitative estimate of drug-likeness (QED) is 0.176. The predicted octanol–water partition coefficient (Wildman–Crippen LogP) is 14.7. The lowest BCUT2D eigenvalue weighted by molar-refractivity contribution is 0.617. The van der Waals surface area contributed by atoms with Crippen molar-refractivity contribution in [3.05, 3.63) is 181 Å². The minimum atomic E-state index is -0.123. The molecule has 1 aliphatic carbocycles. The smallest absolute Gasteiger partial charge is 0.227 e. The molecule has 0 radical (unpaired) electrons. The maximum atomic E-state index is 6.33. The van der Waals surface area contributed by atoms with Gasteiger partial charge in [0.05, 0.1) is 0 Å². The highest BCUT2D eigenvalue weighted by Crippen LogP contribution is 2.51. The van der Waals surface area contributed by atoms with Crippen molar-refractivity contribution in [1.29, 1.82) is 0 Å². The number of oxazole rings is 1. The first-order chi connectivity index (χ1) is 28.0. The molecule has 8 aromatic carbocycles. The van der Waals surface area contributed by atoms with Gasteiger partial charge in [-0.15, -0.1) is 0 Å². The fourth-order valence-corrected chi connectivity index (χ4v) is 9.02. The van der Waals surface area contributed by atoms with E-state index in [-0.39, 0.29) is 5.41 Å². The number of para-hydroxylation sites is 1. The summed E-state index contributed by atoms with van der Waals surface area (Å²) in [5.41, 5.74) is 16.5. The van der Waals surface area contributed by atoms with E-state index >= 15 is 0 Å². The van der Waals surface area contributed by atoms with Crippen LogP contribution in [0.3, 0.4) is 0 Å². The molecule has 0 spiro atoms. The van der Waals surface area contributed by atoms with Gasteiger partial charge in [0.15, 0.2) is 5.58 Å². The Morgan fingerprint density at radius 3 is 1.91 bits per heavy atom. The average Bonchev–Trinajstić information content (AvgIpc) is 4.00. The van der Waals surface area contributed by atoms with E-state index in [4.69, 9.17) is 18.2 Å². The monoisotopic (exact) mass is 734 g/mol. The van der Waals surface area contributed by atoms with Crippen molar-refractivity contribution in [2.75, 3.05) is 4.90 Å². The molecule has 12 rings (SSSR count). The molecule has 0 aliphatic heterocycles. The molecule has 0 amide bonds. The van der Waals surface area contributed by atoms with Crippen LogP contribution in [0.1, 0.15) is 25.0 Å². The summed E-state index contributed by atoms with van der Waals surface area (Å²) in [6.07, 6.45) is 0. The Balaban J connectivity index is 0.962. The largest absolute Gasteiger partial charge is 0.456 e. The lowest BCUT2D eigenvalue weighted by atomic mass is 9.82. The Morgan fingerprint density at radius 1 is 0.404 bits per heavy atom. The number of anilines is 3. The summed E-state index contributed by atoms with van der Waals surface area (Å²) in [6.45, 7) is 4.67. The molecule has 11 aromatic rings. The Morgan fingerprint density at radius 2 is 1.04 bits per heavy atom. The summed E-state index contributed by atoms with van der Waals surface area (Å²) in [4.78, 5) is 7.19. The van der Waals surface area contributed by atoms with Crippen LogP contribution in [0.2, 0.25) is 0 Å². The van der Waals surface area contributed by atoms with E-state index in [1.165, 1.54) is 22.3 Å². The fourth-order valence-electron chi connectivity index (χ4n) is 9.02. The molecule has 0 fully saturated rings. The standard InChI is InChI=1S/C52H34N2O3/c1-52(2)43-14-8-6-12-37(43)38-23-21-36(28-44(38)52)54(35-22-25-48-41(27-35)39-13-7-9-15-46(39)55-48)34-19-16-31(17-20-34)33-18-24-47-40(26-33)42-29-45-50(30-49(42)56-47)57-51(53-45)32-10-4-3-5-11-32/h3-30H,1-2H3. The number of hydrogen-bond donors (Lipinski definition) is 0. The zero-order valence-electron chi connectivity index (χ0n) is 31.3. The number of benzene rings is 8. The van der Waals surface area contributed by atoms with Gasteiger partial charge >= 0.3 is 0 Å². The molecule has 0 saturated carbocycles. The molecule has 3 heterocycles. The van der Waals surface area contributed by atoms with Gasteiger partial charge in [-0.3, -0.25) is 0 Å². The van der Waals surface area contributed by atoms with Crippen LogP contribution in [-0.2, 0) is 5.41 Å². The molecule has 270 valence electrons. The summed E-state index contributed by atoms with van der Waals surface area (Å²) in [5, 5.41) is 4.26. The van der Waals surface area contributed by atoms with Crippen molar-refractivity contribution in [2.24, 2.45) is 0 Å². The van der Waals surface area contributed by atoms with Crippen molar-refractivity contribution in [1.82, 2.24) is 4.98 Å². The molecule has 57 heavy (non-hydrogen) atoms. The topological polar surface area (TPSA) is 55.6 Å². The molecule has 5 nitrogen and oxygen atoms in total. The van der Waals surface area contributed by atoms with Gasteiger partial charge in [-0.1, -0.05) is 98.8 Å². The maximum Gasteiger partial charge on any atom is 0.227 e. The molecular weight excluding hydrogens is 701 g/mol. The molecule has 5 heteroatoms. The third kappa shape index (κ3) is 4.85. The number of furan rings is 2. The van der Waals surface area contributed by atoms with Crippen molar-refractivity contribution >= 4 is 72.0 Å². The summed E-state index contributed by atoms with van der Waals surface area (Å²) >= 11 is 0. The molecule has 0 unspecified atom stereocenters. The third-order valence-electron chi connectivity index (χ3n) is 11.9. The predicted molar refractivity (Wildman–Crippen MR) is 232 cm³/mol. The van der Waals surface area contributed by atoms with Gasteiger partial charge in [0, 0.05) is 55.7 Å². The van der Waals surface area contributed by atoms with Crippen LogP contribution < -0.4 is 4.90 Å². The van der Waals surface area contributed by atoms with Crippen LogP contribution in [0, 0.1) is 0 Å². The van der Waals surface area contributed by atoms with Crippen LogP contribution in [0.15, 0.2) is 183 Å². The Kier molecular flexibility index (Phi) is 6.62. The number of fused-ring (bicyclic) bond motifs is 10. The highest BCUT2D eigenvalue weighted by molar-refractivity contribution is 6.10. The average molecular weight is 735 g/mol. The molecule has 0 N–H and O–H groups in total. The molecule has 0 saturated heterocycles. The first kappa shape index (κ1) is 31.9. The highest BCUT2D eigenvalue weighted by atomic mass is 16.4. The van der Waals surface area contributed by atoms with Crippen molar-refractivity contribution < 1.29 is 13.3 Å². The fraction of sp³-hybridized carbons (Fsp3) is 0.0577. The van der Waals surface area contributed by atoms with Gasteiger partial charge in [0.2, 0.25) is 5.89 Å². The van der Waals surface area contributed by atoms with E-state index < -0.39 is 0 Å². The number of aromatic nitrogens is 1. The SMILES string of the molecule is CC1(C)c2ccccc2-c2ccc(N(c3ccc(-c4ccc5oc6cc7oc(-c8ccccc8)nc7cc6c5c4)cc3)c3ccc4oc5ccccc5c4c3)cc21. The van der Waals surface area contributed by atoms with E-state index in [1.54, 1.807) is 0 Å². The summed E-state index contributed by atoms with van der Waals surface area (Å²) in [5.74, 6) is 0.601. The van der Waals surface area contributed by atoms with Gasteiger partial charge in [-0.25, -0.2) is 4.98 Å². The second-order valence-corrected chi connectivity index (χ2v) is 15.6. The number of rotatable bonds is 5. The zero-order chi connectivity index (χ0) is 37.8. The van der Waals surface area contributed by atoms with E-state index in [2.05, 4.69) is 140 Å². The normalized spacial score (nSPS) is 13.2. The van der Waals surface area contributed by atoms with Crippen LogP contribution in [-0.4, -0.2) is 4.98 Å². The van der Waals surface area contributed by atoms with Gasteiger partial charge in [-0.05, 0) is 112 Å². The maximum absolute atomic E-state index is 6.33. The first-order valence-electron chi connectivity index (χ1n) is 19.3. The molecule has 0 bridgehead atoms. The van der Waals surface area contributed by atoms with Crippen LogP contribution >= 0.6 is 0 Å². The highest BCUT2D eigenvalue weighted by Gasteiger charge is 2.35. The second kappa shape index (κ2) is 11.8. The molecule has 1 aliphatic rings. The number of hydrogen-bond acceptors (Lipinski definition) is 5. The van der Waals surface area contributed by atoms with E-state index in [0.717, 1.165) is 83.1 Å². The molecule has 0 atom stereocenters. The second-order valence-electron chi connectivity index (χ2n) is 15.6. The minimum absolute atomic E-state index is 0.123. The van der Waals surface area contributed by atoms with Crippen molar-refractivity contribution in [3.63, 3.8) is 0 Å². The molecular formula is C52H34N2O3. The minimum Gasteiger partial charge on any atom is -0.456 e. The van der Waals surface area contributed by atoms with E-state index in [9.17, 15) is 0 Å². The summed E-state index contributed by atoms with van der Waals surface area (Å²) in [6, 6.07) is 59.8. The summed E-state index contributed by atoms with van der Waals surface area (Å²) < 4.78 is 18.7. The zero-order valence-corrected chi connectivity index (χ0v) is 31.3. The van der Waals surface area contributed by atoms with E-state index in [0.29, 0.717) is 11.5 Å². The molecule has 3 aromatic heterocycles. The van der Waals surface area contributed by atoms with Gasteiger partial charge < -0.3 is 18.2 Å².